The molecule has 0 aliphatic carbocycles. The summed E-state index contributed by atoms with van der Waals surface area (Å²) in [7, 11) is 0. The molecule has 1 aromatic heterocycles. The van der Waals surface area contributed by atoms with Gasteiger partial charge in [0.05, 0.1) is 13.2 Å². The Hall–Kier alpha value is -2.80. The SMILES string of the molecule is Cc1oc(C(=O)N2CCOC(C(=O)O)C2)cc1COc1ccccc1. The summed E-state index contributed by atoms with van der Waals surface area (Å²) >= 11 is 0. The standard InChI is InChI=1S/C18H19NO6/c1-12-13(11-24-14-5-3-2-4-6-14)9-15(25-12)17(20)19-7-8-23-16(10-19)18(21)22/h2-6,9,16H,7-8,10-11H2,1H3,(H,21,22). The molecule has 1 aromatic carbocycles. The fourth-order valence-corrected chi connectivity index (χ4v) is 2.59. The maximum atomic E-state index is 12.6. The average molecular weight is 345 g/mol. The van der Waals surface area contributed by atoms with Crippen molar-refractivity contribution < 1.29 is 28.6 Å². The first-order valence-corrected chi connectivity index (χ1v) is 7.95. The molecule has 0 bridgehead atoms. The highest BCUT2D eigenvalue weighted by molar-refractivity contribution is 5.92. The molecule has 0 spiro atoms. The fraction of sp³-hybridized carbons (Fsp3) is 0.333. The van der Waals surface area contributed by atoms with Crippen molar-refractivity contribution in [2.24, 2.45) is 0 Å². The van der Waals surface area contributed by atoms with Gasteiger partial charge in [-0.1, -0.05) is 18.2 Å². The number of nitrogens with zero attached hydrogens (tertiary/aromatic N) is 1. The quantitative estimate of drug-likeness (QED) is 0.892. The van der Waals surface area contributed by atoms with Crippen LogP contribution in [-0.2, 0) is 16.1 Å². The van der Waals surface area contributed by atoms with Crippen LogP contribution in [0.15, 0.2) is 40.8 Å². The van der Waals surface area contributed by atoms with Crippen LogP contribution in [0.3, 0.4) is 0 Å². The number of carbonyl (C=O) groups excluding carboxylic acids is 1. The number of carboxylic acid groups (broad SMARTS) is 1. The van der Waals surface area contributed by atoms with Gasteiger partial charge in [0.1, 0.15) is 18.1 Å². The number of hydrogen-bond donors (Lipinski definition) is 1. The molecule has 1 aliphatic heterocycles. The van der Waals surface area contributed by atoms with Crippen LogP contribution in [0.1, 0.15) is 21.9 Å². The van der Waals surface area contributed by atoms with Gasteiger partial charge in [0.2, 0.25) is 0 Å². The van der Waals surface area contributed by atoms with Crippen molar-refractivity contribution in [3.8, 4) is 5.75 Å². The number of furan rings is 1. The number of para-hydroxylation sites is 1. The number of amides is 1. The first-order valence-electron chi connectivity index (χ1n) is 7.95. The summed E-state index contributed by atoms with van der Waals surface area (Å²) in [5, 5.41) is 9.03. The molecular formula is C18H19NO6. The Morgan fingerprint density at radius 3 is 2.80 bits per heavy atom. The van der Waals surface area contributed by atoms with Gasteiger partial charge in [-0.2, -0.15) is 0 Å². The monoisotopic (exact) mass is 345 g/mol. The average Bonchev–Trinajstić information content (AvgIpc) is 3.01. The third-order valence-electron chi connectivity index (χ3n) is 4.00. The number of rotatable bonds is 5. The third-order valence-corrected chi connectivity index (χ3v) is 4.00. The van der Waals surface area contributed by atoms with Gasteiger partial charge in [0.15, 0.2) is 11.9 Å². The second kappa shape index (κ2) is 7.40. The van der Waals surface area contributed by atoms with Crippen molar-refractivity contribution in [3.63, 3.8) is 0 Å². The lowest BCUT2D eigenvalue weighted by atomic mass is 10.2. The second-order valence-corrected chi connectivity index (χ2v) is 5.74. The molecule has 3 rings (SSSR count). The smallest absolute Gasteiger partial charge is 0.334 e. The Labute approximate surface area is 144 Å². The molecule has 1 atom stereocenters. The van der Waals surface area contributed by atoms with Gasteiger partial charge < -0.3 is 23.9 Å². The molecule has 1 amide bonds. The van der Waals surface area contributed by atoms with Gasteiger partial charge >= 0.3 is 5.97 Å². The lowest BCUT2D eigenvalue weighted by molar-refractivity contribution is -0.154. The van der Waals surface area contributed by atoms with E-state index < -0.39 is 12.1 Å². The molecule has 0 radical (unpaired) electrons. The molecular weight excluding hydrogens is 326 g/mol. The van der Waals surface area contributed by atoms with Crippen LogP contribution in [0, 0.1) is 6.92 Å². The second-order valence-electron chi connectivity index (χ2n) is 5.74. The van der Waals surface area contributed by atoms with Crippen molar-refractivity contribution >= 4 is 11.9 Å². The topological polar surface area (TPSA) is 89.2 Å². The van der Waals surface area contributed by atoms with Crippen LogP contribution in [-0.4, -0.2) is 47.7 Å². The molecule has 0 saturated carbocycles. The number of benzene rings is 1. The van der Waals surface area contributed by atoms with Gasteiger partial charge in [0, 0.05) is 12.1 Å². The first-order chi connectivity index (χ1) is 12.0. The third kappa shape index (κ3) is 4.00. The number of aliphatic carboxylic acids is 1. The highest BCUT2D eigenvalue weighted by atomic mass is 16.5. The molecule has 1 unspecified atom stereocenters. The predicted octanol–water partition coefficient (Wildman–Crippen LogP) is 2.09. The summed E-state index contributed by atoms with van der Waals surface area (Å²) < 4.78 is 16.4. The van der Waals surface area contributed by atoms with Gasteiger partial charge in [-0.05, 0) is 25.1 Å². The normalized spacial score (nSPS) is 17.3. The number of carboxylic acids is 1. The van der Waals surface area contributed by atoms with E-state index in [2.05, 4.69) is 0 Å². The molecule has 132 valence electrons. The highest BCUT2D eigenvalue weighted by Crippen LogP contribution is 2.20. The van der Waals surface area contributed by atoms with E-state index in [0.717, 1.165) is 11.3 Å². The molecule has 1 fully saturated rings. The van der Waals surface area contributed by atoms with E-state index >= 15 is 0 Å². The van der Waals surface area contributed by atoms with Crippen molar-refractivity contribution in [2.45, 2.75) is 19.6 Å². The zero-order chi connectivity index (χ0) is 17.8. The minimum Gasteiger partial charge on any atom is -0.489 e. The van der Waals surface area contributed by atoms with Gasteiger partial charge in [-0.3, -0.25) is 4.79 Å². The van der Waals surface area contributed by atoms with E-state index in [1.165, 1.54) is 4.90 Å². The zero-order valence-corrected chi connectivity index (χ0v) is 13.8. The molecule has 25 heavy (non-hydrogen) atoms. The minimum atomic E-state index is -1.08. The van der Waals surface area contributed by atoms with E-state index in [4.69, 9.17) is 19.0 Å². The van der Waals surface area contributed by atoms with E-state index in [9.17, 15) is 9.59 Å². The predicted molar refractivity (Wildman–Crippen MR) is 87.5 cm³/mol. The molecule has 2 heterocycles. The van der Waals surface area contributed by atoms with Crippen LogP contribution in [0.5, 0.6) is 5.75 Å². The Morgan fingerprint density at radius 2 is 2.08 bits per heavy atom. The van der Waals surface area contributed by atoms with Gasteiger partial charge in [-0.15, -0.1) is 0 Å². The number of carbonyl (C=O) groups is 2. The van der Waals surface area contributed by atoms with Crippen LogP contribution < -0.4 is 4.74 Å². The Balaban J connectivity index is 1.66. The summed E-state index contributed by atoms with van der Waals surface area (Å²) in [6.07, 6.45) is -1.00. The van der Waals surface area contributed by atoms with Crippen LogP contribution in [0.4, 0.5) is 0 Å². The Bertz CT molecular complexity index is 754. The number of morpholine rings is 1. The lowest BCUT2D eigenvalue weighted by Crippen LogP contribution is -2.48. The largest absolute Gasteiger partial charge is 0.489 e. The molecule has 1 aliphatic rings. The minimum absolute atomic E-state index is 0.00373. The molecule has 2 aromatic rings. The van der Waals surface area contributed by atoms with E-state index in [1.807, 2.05) is 30.3 Å². The lowest BCUT2D eigenvalue weighted by Gasteiger charge is -2.30. The maximum Gasteiger partial charge on any atom is 0.334 e. The zero-order valence-electron chi connectivity index (χ0n) is 13.8. The summed E-state index contributed by atoms with van der Waals surface area (Å²) in [6, 6.07) is 11.0. The summed E-state index contributed by atoms with van der Waals surface area (Å²) in [5.74, 6) is 0.0830. The number of hydrogen-bond acceptors (Lipinski definition) is 5. The number of ether oxygens (including phenoxy) is 2. The van der Waals surface area contributed by atoms with Crippen molar-refractivity contribution in [1.82, 2.24) is 4.90 Å². The first kappa shape index (κ1) is 17.0. The van der Waals surface area contributed by atoms with Crippen LogP contribution in [0.25, 0.3) is 0 Å². The van der Waals surface area contributed by atoms with Crippen LogP contribution in [0.2, 0.25) is 0 Å². The highest BCUT2D eigenvalue weighted by Gasteiger charge is 2.31. The summed E-state index contributed by atoms with van der Waals surface area (Å²) in [5.41, 5.74) is 0.773. The van der Waals surface area contributed by atoms with Gasteiger partial charge in [0.25, 0.3) is 5.91 Å². The van der Waals surface area contributed by atoms with Crippen molar-refractivity contribution in [3.05, 3.63) is 53.5 Å². The summed E-state index contributed by atoms with van der Waals surface area (Å²) in [6.45, 7) is 2.57. The van der Waals surface area contributed by atoms with Gasteiger partial charge in [-0.25, -0.2) is 4.79 Å². The number of aryl methyl sites for hydroxylation is 1. The Morgan fingerprint density at radius 1 is 1.32 bits per heavy atom. The maximum absolute atomic E-state index is 12.6. The molecule has 7 nitrogen and oxygen atoms in total. The molecule has 7 heteroatoms. The Kier molecular flexibility index (Phi) is 5.04. The molecule has 1 saturated heterocycles. The molecule has 1 N–H and O–H groups in total. The van der Waals surface area contributed by atoms with E-state index in [0.29, 0.717) is 12.3 Å². The van der Waals surface area contributed by atoms with E-state index in [1.54, 1.807) is 13.0 Å². The van der Waals surface area contributed by atoms with Crippen LogP contribution >= 0.6 is 0 Å². The summed E-state index contributed by atoms with van der Waals surface area (Å²) in [4.78, 5) is 25.0. The van der Waals surface area contributed by atoms with E-state index in [-0.39, 0.29) is 31.4 Å². The van der Waals surface area contributed by atoms with Crippen molar-refractivity contribution in [1.29, 1.82) is 0 Å². The van der Waals surface area contributed by atoms with Crippen molar-refractivity contribution in [2.75, 3.05) is 19.7 Å². The fourth-order valence-electron chi connectivity index (χ4n) is 2.59.